The van der Waals surface area contributed by atoms with Crippen molar-refractivity contribution >= 4 is 22.8 Å². The summed E-state index contributed by atoms with van der Waals surface area (Å²) in [6.45, 7) is 1.70. The molecular weight excluding hydrogens is 376 g/mol. The lowest BCUT2D eigenvalue weighted by Crippen LogP contribution is -2.38. The predicted molar refractivity (Wildman–Crippen MR) is 117 cm³/mol. The number of hydrogen-bond donors (Lipinski definition) is 1. The van der Waals surface area contributed by atoms with Crippen molar-refractivity contribution < 1.29 is 14.3 Å². The van der Waals surface area contributed by atoms with Crippen LogP contribution in [0.2, 0.25) is 0 Å². The van der Waals surface area contributed by atoms with Crippen LogP contribution in [-0.4, -0.2) is 29.5 Å². The number of fused-ring (bicyclic) bond motifs is 1. The zero-order valence-electron chi connectivity index (χ0n) is 17.2. The number of rotatable bonds is 5. The van der Waals surface area contributed by atoms with Crippen molar-refractivity contribution in [2.75, 3.05) is 6.61 Å². The molecule has 1 amide bonds. The van der Waals surface area contributed by atoms with E-state index in [0.29, 0.717) is 11.3 Å². The van der Waals surface area contributed by atoms with Crippen LogP contribution in [0, 0.1) is 6.92 Å². The highest BCUT2D eigenvalue weighted by Gasteiger charge is 2.19. The molecule has 1 saturated carbocycles. The number of benzene rings is 2. The van der Waals surface area contributed by atoms with E-state index in [1.54, 1.807) is 6.07 Å². The second-order valence-corrected chi connectivity index (χ2v) is 7.92. The third-order valence-corrected chi connectivity index (χ3v) is 5.56. The van der Waals surface area contributed by atoms with E-state index in [0.717, 1.165) is 47.7 Å². The topological polar surface area (TPSA) is 68.3 Å². The first-order valence-corrected chi connectivity index (χ1v) is 10.5. The molecule has 5 nitrogen and oxygen atoms in total. The number of esters is 1. The van der Waals surface area contributed by atoms with E-state index in [4.69, 9.17) is 9.72 Å². The Bertz CT molecular complexity index is 1060. The lowest BCUT2D eigenvalue weighted by Gasteiger charge is -2.22. The summed E-state index contributed by atoms with van der Waals surface area (Å²) in [6.07, 6.45) is 5.48. The first-order chi connectivity index (χ1) is 14.6. The quantitative estimate of drug-likeness (QED) is 0.622. The second kappa shape index (κ2) is 9.08. The van der Waals surface area contributed by atoms with Gasteiger partial charge in [0.05, 0.1) is 16.8 Å². The van der Waals surface area contributed by atoms with Gasteiger partial charge in [-0.25, -0.2) is 9.78 Å². The van der Waals surface area contributed by atoms with Gasteiger partial charge in [-0.1, -0.05) is 61.2 Å². The highest BCUT2D eigenvalue weighted by atomic mass is 16.5. The maximum atomic E-state index is 12.9. The van der Waals surface area contributed by atoms with E-state index < -0.39 is 5.97 Å². The van der Waals surface area contributed by atoms with Gasteiger partial charge in [0.1, 0.15) is 0 Å². The van der Waals surface area contributed by atoms with Crippen molar-refractivity contribution in [1.29, 1.82) is 0 Å². The van der Waals surface area contributed by atoms with Crippen LogP contribution in [0.25, 0.3) is 22.2 Å². The van der Waals surface area contributed by atoms with Gasteiger partial charge >= 0.3 is 5.97 Å². The van der Waals surface area contributed by atoms with Crippen LogP contribution in [0.15, 0.2) is 54.6 Å². The Hall–Kier alpha value is -3.21. The summed E-state index contributed by atoms with van der Waals surface area (Å²) in [5.74, 6) is -0.753. The maximum Gasteiger partial charge on any atom is 0.339 e. The molecule has 4 rings (SSSR count). The van der Waals surface area contributed by atoms with E-state index in [1.165, 1.54) is 6.42 Å². The van der Waals surface area contributed by atoms with E-state index in [1.807, 2.05) is 55.5 Å². The lowest BCUT2D eigenvalue weighted by atomic mass is 9.95. The molecule has 2 aromatic carbocycles. The van der Waals surface area contributed by atoms with Crippen LogP contribution in [0.3, 0.4) is 0 Å². The van der Waals surface area contributed by atoms with Gasteiger partial charge in [-0.05, 0) is 38.0 Å². The number of amides is 1. The lowest BCUT2D eigenvalue weighted by molar-refractivity contribution is -0.125. The van der Waals surface area contributed by atoms with Gasteiger partial charge in [0.2, 0.25) is 0 Å². The SMILES string of the molecule is Cc1ccc2nc(-c3ccccc3)cc(C(=O)OCC(=O)NC3CCCCC3)c2c1. The Kier molecular flexibility index (Phi) is 6.07. The number of aryl methyl sites for hydroxylation is 1. The molecule has 154 valence electrons. The van der Waals surface area contributed by atoms with Crippen LogP contribution in [0.1, 0.15) is 48.0 Å². The highest BCUT2D eigenvalue weighted by Crippen LogP contribution is 2.26. The molecule has 0 unspecified atom stereocenters. The summed E-state index contributed by atoms with van der Waals surface area (Å²) in [4.78, 5) is 29.9. The van der Waals surface area contributed by atoms with Crippen molar-refractivity contribution in [3.05, 3.63) is 65.7 Å². The Balaban J connectivity index is 1.56. The monoisotopic (exact) mass is 402 g/mol. The Morgan fingerprint density at radius 2 is 1.80 bits per heavy atom. The van der Waals surface area contributed by atoms with Crippen molar-refractivity contribution in [2.24, 2.45) is 0 Å². The minimum absolute atomic E-state index is 0.194. The molecule has 1 fully saturated rings. The number of nitrogens with zero attached hydrogens (tertiary/aromatic N) is 1. The van der Waals surface area contributed by atoms with Crippen LogP contribution in [-0.2, 0) is 9.53 Å². The van der Waals surface area contributed by atoms with Crippen molar-refractivity contribution in [1.82, 2.24) is 10.3 Å². The first-order valence-electron chi connectivity index (χ1n) is 10.5. The maximum absolute atomic E-state index is 12.9. The number of carbonyl (C=O) groups is 2. The third-order valence-electron chi connectivity index (χ3n) is 5.56. The van der Waals surface area contributed by atoms with Crippen molar-refractivity contribution in [3.63, 3.8) is 0 Å². The molecule has 0 radical (unpaired) electrons. The van der Waals surface area contributed by atoms with E-state index in [2.05, 4.69) is 5.32 Å². The molecule has 1 aliphatic carbocycles. The highest BCUT2D eigenvalue weighted by molar-refractivity contribution is 6.05. The van der Waals surface area contributed by atoms with Gasteiger partial charge in [-0.3, -0.25) is 4.79 Å². The van der Waals surface area contributed by atoms with Crippen LogP contribution in [0.5, 0.6) is 0 Å². The summed E-state index contributed by atoms with van der Waals surface area (Å²) in [5.41, 5.74) is 3.80. The fourth-order valence-corrected chi connectivity index (χ4v) is 3.99. The molecule has 0 atom stereocenters. The fourth-order valence-electron chi connectivity index (χ4n) is 3.99. The van der Waals surface area contributed by atoms with Crippen LogP contribution in [0.4, 0.5) is 0 Å². The van der Waals surface area contributed by atoms with E-state index in [-0.39, 0.29) is 18.6 Å². The molecule has 0 saturated heterocycles. The molecule has 1 heterocycles. The van der Waals surface area contributed by atoms with Gasteiger partial charge in [0.25, 0.3) is 5.91 Å². The largest absolute Gasteiger partial charge is 0.452 e. The van der Waals surface area contributed by atoms with Crippen molar-refractivity contribution in [3.8, 4) is 11.3 Å². The first kappa shape index (κ1) is 20.1. The van der Waals surface area contributed by atoms with Crippen LogP contribution < -0.4 is 5.32 Å². The molecule has 0 bridgehead atoms. The summed E-state index contributed by atoms with van der Waals surface area (Å²) in [7, 11) is 0. The molecule has 0 aliphatic heterocycles. The average molecular weight is 402 g/mol. The Labute approximate surface area is 176 Å². The number of nitrogens with one attached hydrogen (secondary N) is 1. The smallest absolute Gasteiger partial charge is 0.339 e. The molecule has 5 heteroatoms. The molecule has 1 N–H and O–H groups in total. The summed E-state index contributed by atoms with van der Waals surface area (Å²) in [5, 5.41) is 3.71. The molecule has 30 heavy (non-hydrogen) atoms. The number of ether oxygens (including phenoxy) is 1. The fraction of sp³-hybridized carbons (Fsp3) is 0.320. The van der Waals surface area contributed by atoms with Gasteiger partial charge in [0, 0.05) is 17.0 Å². The standard InChI is InChI=1S/C25H26N2O3/c1-17-12-13-22-20(14-17)21(15-23(27-22)18-8-4-2-5-9-18)25(29)30-16-24(28)26-19-10-6-3-7-11-19/h2,4-5,8-9,12-15,19H,3,6-7,10-11,16H2,1H3,(H,26,28). The van der Waals surface area contributed by atoms with Crippen LogP contribution >= 0.6 is 0 Å². The van der Waals surface area contributed by atoms with Gasteiger partial charge in [-0.15, -0.1) is 0 Å². The minimum Gasteiger partial charge on any atom is -0.452 e. The Morgan fingerprint density at radius 3 is 2.57 bits per heavy atom. The average Bonchev–Trinajstić information content (AvgIpc) is 2.78. The predicted octanol–water partition coefficient (Wildman–Crippen LogP) is 4.82. The third kappa shape index (κ3) is 4.67. The van der Waals surface area contributed by atoms with Gasteiger partial charge in [0.15, 0.2) is 6.61 Å². The van der Waals surface area contributed by atoms with Gasteiger partial charge < -0.3 is 10.1 Å². The molecule has 3 aromatic rings. The summed E-state index contributed by atoms with van der Waals surface area (Å²) >= 11 is 0. The number of pyridine rings is 1. The number of hydrogen-bond acceptors (Lipinski definition) is 4. The number of carbonyl (C=O) groups excluding carboxylic acids is 2. The second-order valence-electron chi connectivity index (χ2n) is 7.92. The number of aromatic nitrogens is 1. The van der Waals surface area contributed by atoms with E-state index >= 15 is 0 Å². The minimum atomic E-state index is -0.510. The molecule has 1 aliphatic rings. The summed E-state index contributed by atoms with van der Waals surface area (Å²) < 4.78 is 5.39. The van der Waals surface area contributed by atoms with E-state index in [9.17, 15) is 9.59 Å². The molecule has 0 spiro atoms. The molecule has 1 aromatic heterocycles. The summed E-state index contributed by atoms with van der Waals surface area (Å²) in [6, 6.07) is 17.5. The normalized spacial score (nSPS) is 14.4. The van der Waals surface area contributed by atoms with Gasteiger partial charge in [-0.2, -0.15) is 0 Å². The Morgan fingerprint density at radius 1 is 1.03 bits per heavy atom. The zero-order chi connectivity index (χ0) is 20.9. The molecular formula is C25H26N2O3. The van der Waals surface area contributed by atoms with Crippen molar-refractivity contribution in [2.45, 2.75) is 45.1 Å². The zero-order valence-corrected chi connectivity index (χ0v) is 17.2.